The first-order chi connectivity index (χ1) is 8.81. The average molecular weight is 249 g/mol. The summed E-state index contributed by atoms with van der Waals surface area (Å²) < 4.78 is 5.11. The largest absolute Gasteiger partial charge is 0.480 e. The lowest BCUT2D eigenvalue weighted by Crippen LogP contribution is -2.39. The molecule has 5 nitrogen and oxygen atoms in total. The van der Waals surface area contributed by atoms with Crippen LogP contribution >= 0.6 is 0 Å². The van der Waals surface area contributed by atoms with Crippen molar-refractivity contribution >= 4 is 11.6 Å². The molecule has 2 heterocycles. The Balaban J connectivity index is 2.01. The third-order valence-corrected chi connectivity index (χ3v) is 3.10. The third kappa shape index (κ3) is 3.20. The smallest absolute Gasteiger partial charge is 0.241 e. The molecule has 98 valence electrons. The number of anilines is 1. The molecule has 0 bridgehead atoms. The Morgan fingerprint density at radius 3 is 3.22 bits per heavy atom. The van der Waals surface area contributed by atoms with E-state index in [1.54, 1.807) is 25.4 Å². The van der Waals surface area contributed by atoms with E-state index in [0.717, 1.165) is 25.8 Å². The first kappa shape index (κ1) is 12.8. The molecule has 1 amide bonds. The minimum Gasteiger partial charge on any atom is -0.480 e. The maximum absolute atomic E-state index is 12.1. The molecule has 0 aromatic carbocycles. The van der Waals surface area contributed by atoms with Crippen LogP contribution in [0.1, 0.15) is 25.7 Å². The number of hydrogen-bond donors (Lipinski definition) is 2. The molecule has 1 aliphatic heterocycles. The second-order valence-electron chi connectivity index (χ2n) is 4.41. The zero-order valence-corrected chi connectivity index (χ0v) is 10.6. The molecule has 5 heteroatoms. The van der Waals surface area contributed by atoms with E-state index in [1.165, 1.54) is 6.42 Å². The van der Waals surface area contributed by atoms with Crippen LogP contribution in [0.3, 0.4) is 0 Å². The Kier molecular flexibility index (Phi) is 4.52. The molecule has 1 aliphatic rings. The molecule has 0 radical (unpaired) electrons. The van der Waals surface area contributed by atoms with E-state index in [9.17, 15) is 4.79 Å². The summed E-state index contributed by atoms with van der Waals surface area (Å²) in [5.74, 6) is 0.433. The van der Waals surface area contributed by atoms with Gasteiger partial charge >= 0.3 is 0 Å². The fraction of sp³-hybridized carbons (Fsp3) is 0.538. The summed E-state index contributed by atoms with van der Waals surface area (Å²) in [5.41, 5.74) is 0.621. The van der Waals surface area contributed by atoms with E-state index in [0.29, 0.717) is 11.6 Å². The van der Waals surface area contributed by atoms with Gasteiger partial charge in [0, 0.05) is 6.20 Å². The molecule has 1 fully saturated rings. The van der Waals surface area contributed by atoms with Gasteiger partial charge in [0.1, 0.15) is 5.69 Å². The van der Waals surface area contributed by atoms with Gasteiger partial charge in [-0.25, -0.2) is 4.98 Å². The Labute approximate surface area is 107 Å². The van der Waals surface area contributed by atoms with E-state index >= 15 is 0 Å². The van der Waals surface area contributed by atoms with E-state index in [1.807, 2.05) is 0 Å². The quantitative estimate of drug-likeness (QED) is 0.853. The molecule has 1 unspecified atom stereocenters. The number of hydrogen-bond acceptors (Lipinski definition) is 4. The van der Waals surface area contributed by atoms with Crippen LogP contribution in [-0.2, 0) is 4.79 Å². The van der Waals surface area contributed by atoms with E-state index in [2.05, 4.69) is 15.6 Å². The second-order valence-corrected chi connectivity index (χ2v) is 4.41. The van der Waals surface area contributed by atoms with Gasteiger partial charge < -0.3 is 15.4 Å². The number of methoxy groups -OCH3 is 1. The van der Waals surface area contributed by atoms with Crippen LogP contribution in [0.2, 0.25) is 0 Å². The number of nitrogens with one attached hydrogen (secondary N) is 2. The van der Waals surface area contributed by atoms with Crippen LogP contribution in [0.25, 0.3) is 0 Å². The van der Waals surface area contributed by atoms with Crippen molar-refractivity contribution in [2.45, 2.75) is 31.7 Å². The monoisotopic (exact) mass is 249 g/mol. The number of amides is 1. The average Bonchev–Trinajstić information content (AvgIpc) is 2.68. The van der Waals surface area contributed by atoms with Crippen LogP contribution in [0.4, 0.5) is 5.69 Å². The van der Waals surface area contributed by atoms with E-state index < -0.39 is 0 Å². The lowest BCUT2D eigenvalue weighted by molar-refractivity contribution is -0.118. The normalized spacial score (nSPS) is 19.9. The highest BCUT2D eigenvalue weighted by Crippen LogP contribution is 2.20. The van der Waals surface area contributed by atoms with Gasteiger partial charge in [0.2, 0.25) is 11.8 Å². The number of rotatable bonds is 3. The molecule has 0 spiro atoms. The zero-order chi connectivity index (χ0) is 12.8. The number of carbonyl (C=O) groups is 1. The summed E-state index contributed by atoms with van der Waals surface area (Å²) in [6.45, 7) is 0.905. The van der Waals surface area contributed by atoms with Gasteiger partial charge in [-0.3, -0.25) is 4.79 Å². The topological polar surface area (TPSA) is 63.2 Å². The first-order valence-electron chi connectivity index (χ1n) is 6.34. The summed E-state index contributed by atoms with van der Waals surface area (Å²) in [5, 5.41) is 6.14. The highest BCUT2D eigenvalue weighted by molar-refractivity contribution is 5.95. The highest BCUT2D eigenvalue weighted by Gasteiger charge is 2.20. The van der Waals surface area contributed by atoms with Crippen molar-refractivity contribution in [1.29, 1.82) is 0 Å². The Hall–Kier alpha value is -1.62. The summed E-state index contributed by atoms with van der Waals surface area (Å²) in [4.78, 5) is 16.2. The molecule has 0 aliphatic carbocycles. The molecule has 0 saturated carbocycles. The number of pyridine rings is 1. The third-order valence-electron chi connectivity index (χ3n) is 3.10. The van der Waals surface area contributed by atoms with Crippen LogP contribution in [0.15, 0.2) is 18.3 Å². The van der Waals surface area contributed by atoms with Gasteiger partial charge in [0.05, 0.1) is 13.2 Å². The van der Waals surface area contributed by atoms with Crippen LogP contribution in [0.5, 0.6) is 5.88 Å². The summed E-state index contributed by atoms with van der Waals surface area (Å²) in [6, 6.07) is 3.46. The van der Waals surface area contributed by atoms with Crippen LogP contribution in [0, 0.1) is 0 Å². The van der Waals surface area contributed by atoms with E-state index in [4.69, 9.17) is 4.74 Å². The molecular formula is C13H19N3O2. The Bertz CT molecular complexity index is 401. The Morgan fingerprint density at radius 2 is 2.39 bits per heavy atom. The fourth-order valence-electron chi connectivity index (χ4n) is 2.12. The molecule has 18 heavy (non-hydrogen) atoms. The van der Waals surface area contributed by atoms with Crippen molar-refractivity contribution in [1.82, 2.24) is 10.3 Å². The van der Waals surface area contributed by atoms with Gasteiger partial charge in [-0.1, -0.05) is 12.8 Å². The lowest BCUT2D eigenvalue weighted by atomic mass is 10.1. The van der Waals surface area contributed by atoms with Crippen molar-refractivity contribution < 1.29 is 9.53 Å². The maximum atomic E-state index is 12.1. The lowest BCUT2D eigenvalue weighted by Gasteiger charge is -2.16. The highest BCUT2D eigenvalue weighted by atomic mass is 16.5. The zero-order valence-electron chi connectivity index (χ0n) is 10.6. The minimum atomic E-state index is -0.114. The van der Waals surface area contributed by atoms with Crippen molar-refractivity contribution in [3.8, 4) is 5.88 Å². The summed E-state index contributed by atoms with van der Waals surface area (Å²) in [6.07, 6.45) is 5.94. The SMILES string of the molecule is COc1ncccc1NC(=O)C1CCCCCN1. The van der Waals surface area contributed by atoms with Gasteiger partial charge in [-0.2, -0.15) is 0 Å². The molecule has 1 atom stereocenters. The van der Waals surface area contributed by atoms with Crippen molar-refractivity contribution in [3.63, 3.8) is 0 Å². The van der Waals surface area contributed by atoms with Crippen molar-refractivity contribution in [3.05, 3.63) is 18.3 Å². The molecule has 1 saturated heterocycles. The molecular weight excluding hydrogens is 230 g/mol. The predicted molar refractivity (Wildman–Crippen MR) is 69.7 cm³/mol. The number of nitrogens with zero attached hydrogens (tertiary/aromatic N) is 1. The summed E-state index contributed by atoms with van der Waals surface area (Å²) >= 11 is 0. The minimum absolute atomic E-state index is 0.0109. The number of ether oxygens (including phenoxy) is 1. The molecule has 1 aromatic rings. The standard InChI is InChI=1S/C13H19N3O2/c1-18-13-11(7-5-9-15-13)16-12(17)10-6-3-2-4-8-14-10/h5,7,9-10,14H,2-4,6,8H2,1H3,(H,16,17). The maximum Gasteiger partial charge on any atom is 0.241 e. The van der Waals surface area contributed by atoms with Crippen LogP contribution < -0.4 is 15.4 Å². The van der Waals surface area contributed by atoms with Gasteiger partial charge in [-0.05, 0) is 31.5 Å². The predicted octanol–water partition coefficient (Wildman–Crippen LogP) is 1.56. The molecule has 2 N–H and O–H groups in total. The number of aromatic nitrogens is 1. The van der Waals surface area contributed by atoms with Gasteiger partial charge in [0.15, 0.2) is 0 Å². The van der Waals surface area contributed by atoms with E-state index in [-0.39, 0.29) is 11.9 Å². The fourth-order valence-corrected chi connectivity index (χ4v) is 2.12. The van der Waals surface area contributed by atoms with Crippen LogP contribution in [-0.4, -0.2) is 30.6 Å². The second kappa shape index (κ2) is 6.35. The molecule has 2 rings (SSSR count). The summed E-state index contributed by atoms with van der Waals surface area (Å²) in [7, 11) is 1.54. The number of carbonyl (C=O) groups excluding carboxylic acids is 1. The molecule has 1 aromatic heterocycles. The first-order valence-corrected chi connectivity index (χ1v) is 6.34. The van der Waals surface area contributed by atoms with Gasteiger partial charge in [-0.15, -0.1) is 0 Å². The van der Waals surface area contributed by atoms with Crippen molar-refractivity contribution in [2.75, 3.05) is 19.0 Å². The van der Waals surface area contributed by atoms with Gasteiger partial charge in [0.25, 0.3) is 0 Å². The Morgan fingerprint density at radius 1 is 1.50 bits per heavy atom. The van der Waals surface area contributed by atoms with Crippen molar-refractivity contribution in [2.24, 2.45) is 0 Å².